The Morgan fingerprint density at radius 3 is 2.46 bits per heavy atom. The number of carbonyl (C=O) groups is 1. The minimum atomic E-state index is -0.304. The Labute approximate surface area is 146 Å². The quantitative estimate of drug-likeness (QED) is 0.828. The molecule has 0 atom stereocenters. The van der Waals surface area contributed by atoms with Gasteiger partial charge in [-0.1, -0.05) is 17.7 Å². The van der Waals surface area contributed by atoms with Crippen LogP contribution in [0.1, 0.15) is 22.3 Å². The van der Waals surface area contributed by atoms with Crippen LogP contribution in [0.3, 0.4) is 0 Å². The van der Waals surface area contributed by atoms with Gasteiger partial charge in [0.2, 0.25) is 5.91 Å². The third kappa shape index (κ3) is 4.74. The van der Waals surface area contributed by atoms with Gasteiger partial charge in [0.25, 0.3) is 0 Å². The van der Waals surface area contributed by atoms with Crippen molar-refractivity contribution in [3.05, 3.63) is 58.4 Å². The fourth-order valence-corrected chi connectivity index (χ4v) is 3.47. The molecule has 24 heavy (non-hydrogen) atoms. The van der Waals surface area contributed by atoms with Crippen LogP contribution in [0.25, 0.3) is 0 Å². The van der Waals surface area contributed by atoms with Crippen LogP contribution >= 0.6 is 11.8 Å². The van der Waals surface area contributed by atoms with Crippen LogP contribution in [-0.2, 0) is 10.5 Å². The van der Waals surface area contributed by atoms with Gasteiger partial charge < -0.3 is 10.1 Å². The van der Waals surface area contributed by atoms with Crippen molar-refractivity contribution in [2.45, 2.75) is 26.5 Å². The van der Waals surface area contributed by atoms with E-state index >= 15 is 0 Å². The molecule has 0 spiro atoms. The molecule has 0 aliphatic heterocycles. The second-order valence-electron chi connectivity index (χ2n) is 5.77. The molecule has 0 unspecified atom stereocenters. The van der Waals surface area contributed by atoms with Crippen LogP contribution in [0, 0.1) is 26.6 Å². The van der Waals surface area contributed by atoms with Crippen LogP contribution < -0.4 is 10.1 Å². The molecule has 0 fully saturated rings. The SMILES string of the molecule is COc1ccc(F)cc1CSCC(=O)Nc1c(C)cc(C)cc1C. The topological polar surface area (TPSA) is 38.3 Å². The van der Waals surface area contributed by atoms with Crippen LogP contribution in [0.5, 0.6) is 5.75 Å². The van der Waals surface area contributed by atoms with Crippen LogP contribution in [0.2, 0.25) is 0 Å². The highest BCUT2D eigenvalue weighted by Gasteiger charge is 2.10. The third-order valence-electron chi connectivity index (χ3n) is 3.67. The van der Waals surface area contributed by atoms with E-state index < -0.39 is 0 Å². The first-order chi connectivity index (χ1) is 11.4. The van der Waals surface area contributed by atoms with Crippen LogP contribution in [-0.4, -0.2) is 18.8 Å². The normalized spacial score (nSPS) is 10.5. The van der Waals surface area contributed by atoms with Gasteiger partial charge in [0.15, 0.2) is 0 Å². The Morgan fingerprint density at radius 1 is 1.17 bits per heavy atom. The number of halogens is 1. The van der Waals surface area contributed by atoms with E-state index in [4.69, 9.17) is 4.74 Å². The zero-order valence-corrected chi connectivity index (χ0v) is 15.2. The second kappa shape index (κ2) is 8.20. The molecule has 0 bridgehead atoms. The van der Waals surface area contributed by atoms with Gasteiger partial charge in [0, 0.05) is 17.0 Å². The summed E-state index contributed by atoms with van der Waals surface area (Å²) in [5.74, 6) is 1.08. The lowest BCUT2D eigenvalue weighted by atomic mass is 10.1. The summed E-state index contributed by atoms with van der Waals surface area (Å²) in [5, 5.41) is 2.97. The molecule has 0 saturated carbocycles. The maximum atomic E-state index is 13.3. The highest BCUT2D eigenvalue weighted by Crippen LogP contribution is 2.25. The fourth-order valence-electron chi connectivity index (χ4n) is 2.67. The molecule has 2 rings (SSSR count). The molecule has 128 valence electrons. The number of carbonyl (C=O) groups excluding carboxylic acids is 1. The van der Waals surface area contributed by atoms with Crippen LogP contribution in [0.15, 0.2) is 30.3 Å². The van der Waals surface area contributed by atoms with E-state index in [0.717, 1.165) is 22.4 Å². The molecule has 2 aromatic carbocycles. The number of ether oxygens (including phenoxy) is 1. The first-order valence-corrected chi connectivity index (χ1v) is 8.84. The molecular formula is C19H22FNO2S. The molecule has 0 heterocycles. The Balaban J connectivity index is 1.94. The number of hydrogen-bond donors (Lipinski definition) is 1. The molecule has 1 amide bonds. The van der Waals surface area contributed by atoms with E-state index in [0.29, 0.717) is 17.3 Å². The van der Waals surface area contributed by atoms with E-state index in [2.05, 4.69) is 5.32 Å². The van der Waals surface area contributed by atoms with Crippen molar-refractivity contribution >= 4 is 23.4 Å². The zero-order valence-electron chi connectivity index (χ0n) is 14.4. The van der Waals surface area contributed by atoms with Crippen LogP contribution in [0.4, 0.5) is 10.1 Å². The first kappa shape index (κ1) is 18.3. The summed E-state index contributed by atoms with van der Waals surface area (Å²) in [5.41, 5.74) is 4.90. The summed E-state index contributed by atoms with van der Waals surface area (Å²) >= 11 is 1.43. The molecule has 0 radical (unpaired) electrons. The number of hydrogen-bond acceptors (Lipinski definition) is 3. The highest BCUT2D eigenvalue weighted by molar-refractivity contribution is 7.99. The second-order valence-corrected chi connectivity index (χ2v) is 6.76. The lowest BCUT2D eigenvalue weighted by Gasteiger charge is -2.13. The molecule has 2 aromatic rings. The molecule has 3 nitrogen and oxygen atoms in total. The molecule has 0 aliphatic rings. The summed E-state index contributed by atoms with van der Waals surface area (Å²) in [6.07, 6.45) is 0. The van der Waals surface area contributed by atoms with E-state index in [9.17, 15) is 9.18 Å². The van der Waals surface area contributed by atoms with E-state index in [1.165, 1.54) is 29.5 Å². The molecule has 0 aromatic heterocycles. The summed E-state index contributed by atoms with van der Waals surface area (Å²) in [6, 6.07) is 8.51. The third-order valence-corrected chi connectivity index (χ3v) is 4.66. The highest BCUT2D eigenvalue weighted by atomic mass is 32.2. The Bertz CT molecular complexity index is 723. The molecular weight excluding hydrogens is 325 g/mol. The number of benzene rings is 2. The molecule has 0 saturated heterocycles. The molecule has 5 heteroatoms. The van der Waals surface area contributed by atoms with Gasteiger partial charge in [0.1, 0.15) is 11.6 Å². The number of aryl methyl sites for hydroxylation is 3. The maximum Gasteiger partial charge on any atom is 0.234 e. The Hall–Kier alpha value is -2.01. The average molecular weight is 347 g/mol. The minimum Gasteiger partial charge on any atom is -0.496 e. The Morgan fingerprint density at radius 2 is 1.83 bits per heavy atom. The minimum absolute atomic E-state index is 0.0644. The maximum absolute atomic E-state index is 13.3. The number of anilines is 1. The van der Waals surface area contributed by atoms with Gasteiger partial charge in [0.05, 0.1) is 12.9 Å². The van der Waals surface area contributed by atoms with Crippen molar-refractivity contribution in [2.75, 3.05) is 18.2 Å². The molecule has 0 aliphatic carbocycles. The zero-order chi connectivity index (χ0) is 17.7. The largest absolute Gasteiger partial charge is 0.496 e. The number of rotatable bonds is 6. The fraction of sp³-hybridized carbons (Fsp3) is 0.316. The van der Waals surface area contributed by atoms with Crippen molar-refractivity contribution in [3.8, 4) is 5.75 Å². The van der Waals surface area contributed by atoms with Gasteiger partial charge in [-0.2, -0.15) is 0 Å². The first-order valence-electron chi connectivity index (χ1n) is 7.68. The monoisotopic (exact) mass is 347 g/mol. The lowest BCUT2D eigenvalue weighted by Crippen LogP contribution is -2.16. The van der Waals surface area contributed by atoms with Gasteiger partial charge in [-0.15, -0.1) is 11.8 Å². The average Bonchev–Trinajstić information content (AvgIpc) is 2.51. The van der Waals surface area contributed by atoms with Gasteiger partial charge in [-0.25, -0.2) is 4.39 Å². The van der Waals surface area contributed by atoms with Crippen molar-refractivity contribution < 1.29 is 13.9 Å². The molecule has 1 N–H and O–H groups in total. The van der Waals surface area contributed by atoms with E-state index in [-0.39, 0.29) is 11.7 Å². The summed E-state index contributed by atoms with van der Waals surface area (Å²) in [6.45, 7) is 6.01. The number of nitrogens with one attached hydrogen (secondary N) is 1. The summed E-state index contributed by atoms with van der Waals surface area (Å²) < 4.78 is 18.5. The van der Waals surface area contributed by atoms with Gasteiger partial charge >= 0.3 is 0 Å². The van der Waals surface area contributed by atoms with Crippen molar-refractivity contribution in [1.82, 2.24) is 0 Å². The smallest absolute Gasteiger partial charge is 0.234 e. The number of methoxy groups -OCH3 is 1. The summed E-state index contributed by atoms with van der Waals surface area (Å²) in [7, 11) is 1.55. The van der Waals surface area contributed by atoms with Gasteiger partial charge in [-0.05, 0) is 50.1 Å². The Kier molecular flexibility index (Phi) is 6.26. The van der Waals surface area contributed by atoms with Crippen molar-refractivity contribution in [2.24, 2.45) is 0 Å². The van der Waals surface area contributed by atoms with E-state index in [1.54, 1.807) is 13.2 Å². The standard InChI is InChI=1S/C19H22FNO2S/c1-12-7-13(2)19(14(3)8-12)21-18(22)11-24-10-15-9-16(20)5-6-17(15)23-4/h5-9H,10-11H2,1-4H3,(H,21,22). The van der Waals surface area contributed by atoms with E-state index in [1.807, 2.05) is 32.9 Å². The predicted molar refractivity (Wildman–Crippen MR) is 98.4 cm³/mol. The van der Waals surface area contributed by atoms with Crippen molar-refractivity contribution in [3.63, 3.8) is 0 Å². The van der Waals surface area contributed by atoms with Gasteiger partial charge in [-0.3, -0.25) is 4.79 Å². The summed E-state index contributed by atoms with van der Waals surface area (Å²) in [4.78, 5) is 12.2. The predicted octanol–water partition coefficient (Wildman–Crippen LogP) is 4.63. The number of thioether (sulfide) groups is 1. The van der Waals surface area contributed by atoms with Crippen molar-refractivity contribution in [1.29, 1.82) is 0 Å². The lowest BCUT2D eigenvalue weighted by molar-refractivity contribution is -0.113. The number of amides is 1.